The van der Waals surface area contributed by atoms with Gasteiger partial charge >= 0.3 is 11.9 Å². The molecule has 4 nitrogen and oxygen atoms in total. The molecular weight excluding hydrogens is 244 g/mol. The van der Waals surface area contributed by atoms with E-state index in [-0.39, 0.29) is 6.42 Å². The van der Waals surface area contributed by atoms with Crippen molar-refractivity contribution in [3.8, 4) is 0 Å². The van der Waals surface area contributed by atoms with E-state index in [1.54, 1.807) is 52.0 Å². The molecule has 0 saturated carbocycles. The second kappa shape index (κ2) is 6.36. The minimum atomic E-state index is -1.01. The third kappa shape index (κ3) is 5.12. The molecule has 104 valence electrons. The van der Waals surface area contributed by atoms with Crippen molar-refractivity contribution in [3.05, 3.63) is 35.9 Å². The van der Waals surface area contributed by atoms with Gasteiger partial charge in [-0.25, -0.2) is 4.79 Å². The highest BCUT2D eigenvalue weighted by Crippen LogP contribution is 2.22. The summed E-state index contributed by atoms with van der Waals surface area (Å²) in [6.45, 7) is 7.00. The monoisotopic (exact) mass is 264 g/mol. The molecular formula is C15H20O4. The second-order valence-corrected chi connectivity index (χ2v) is 5.17. The first-order valence-electron chi connectivity index (χ1n) is 6.31. The van der Waals surface area contributed by atoms with E-state index in [1.165, 1.54) is 0 Å². The van der Waals surface area contributed by atoms with Crippen molar-refractivity contribution in [2.75, 3.05) is 0 Å². The molecule has 1 aromatic carbocycles. The minimum Gasteiger partial charge on any atom is -0.457 e. The van der Waals surface area contributed by atoms with E-state index in [9.17, 15) is 9.59 Å². The van der Waals surface area contributed by atoms with Crippen molar-refractivity contribution in [1.82, 2.24) is 0 Å². The van der Waals surface area contributed by atoms with Gasteiger partial charge in [-0.05, 0) is 20.8 Å². The van der Waals surface area contributed by atoms with Crippen LogP contribution in [0.15, 0.2) is 30.3 Å². The first-order valence-corrected chi connectivity index (χ1v) is 6.31. The fourth-order valence-corrected chi connectivity index (χ4v) is 1.45. The van der Waals surface area contributed by atoms with Gasteiger partial charge in [-0.3, -0.25) is 4.79 Å². The van der Waals surface area contributed by atoms with Crippen molar-refractivity contribution in [2.45, 2.75) is 45.8 Å². The van der Waals surface area contributed by atoms with E-state index < -0.39 is 23.6 Å². The summed E-state index contributed by atoms with van der Waals surface area (Å²) in [4.78, 5) is 23.5. The van der Waals surface area contributed by atoms with Crippen LogP contribution in [0.1, 0.15) is 45.8 Å². The van der Waals surface area contributed by atoms with Crippen molar-refractivity contribution >= 4 is 11.9 Å². The SMILES string of the molecule is CCC(=O)O[C@@H](C(=O)OC(C)(C)C)c1ccccc1. The zero-order chi connectivity index (χ0) is 14.5. The normalized spacial score (nSPS) is 12.6. The number of esters is 2. The second-order valence-electron chi connectivity index (χ2n) is 5.17. The van der Waals surface area contributed by atoms with Crippen LogP contribution in [-0.4, -0.2) is 17.5 Å². The van der Waals surface area contributed by atoms with E-state index in [0.29, 0.717) is 5.56 Å². The standard InChI is InChI=1S/C15H20O4/c1-5-12(16)18-13(11-9-7-6-8-10-11)14(17)19-15(2,3)4/h6-10,13H,5H2,1-4H3/t13-/m1/s1. The van der Waals surface area contributed by atoms with Crippen molar-refractivity contribution in [2.24, 2.45) is 0 Å². The quantitative estimate of drug-likeness (QED) is 0.784. The molecule has 0 aromatic heterocycles. The maximum absolute atomic E-state index is 12.1. The lowest BCUT2D eigenvalue weighted by atomic mass is 10.1. The first kappa shape index (κ1) is 15.2. The van der Waals surface area contributed by atoms with Crippen LogP contribution in [0.4, 0.5) is 0 Å². The van der Waals surface area contributed by atoms with Crippen molar-refractivity contribution < 1.29 is 19.1 Å². The molecule has 0 radical (unpaired) electrons. The first-order chi connectivity index (χ1) is 8.83. The summed E-state index contributed by atoms with van der Waals surface area (Å²) in [5.41, 5.74) is -0.0125. The molecule has 4 heteroatoms. The Hall–Kier alpha value is -1.84. The topological polar surface area (TPSA) is 52.6 Å². The smallest absolute Gasteiger partial charge is 0.352 e. The Balaban J connectivity index is 2.93. The molecule has 0 spiro atoms. The van der Waals surface area contributed by atoms with Gasteiger partial charge < -0.3 is 9.47 Å². The molecule has 0 bridgehead atoms. The average molecular weight is 264 g/mol. The van der Waals surface area contributed by atoms with Crippen molar-refractivity contribution in [1.29, 1.82) is 0 Å². The van der Waals surface area contributed by atoms with Gasteiger partial charge in [0.1, 0.15) is 5.60 Å². The molecule has 0 amide bonds. The highest BCUT2D eigenvalue weighted by atomic mass is 16.6. The molecule has 0 heterocycles. The molecule has 1 atom stereocenters. The fourth-order valence-electron chi connectivity index (χ4n) is 1.45. The number of carbonyl (C=O) groups is 2. The van der Waals surface area contributed by atoms with Gasteiger partial charge in [-0.2, -0.15) is 0 Å². The molecule has 0 N–H and O–H groups in total. The Morgan fingerprint density at radius 2 is 1.74 bits per heavy atom. The fraction of sp³-hybridized carbons (Fsp3) is 0.467. The van der Waals surface area contributed by atoms with Gasteiger partial charge in [0.05, 0.1) is 0 Å². The van der Waals surface area contributed by atoms with Crippen LogP contribution in [0, 0.1) is 0 Å². The van der Waals surface area contributed by atoms with Crippen LogP contribution in [0.3, 0.4) is 0 Å². The molecule has 19 heavy (non-hydrogen) atoms. The molecule has 1 aromatic rings. The Morgan fingerprint density at radius 3 is 2.21 bits per heavy atom. The van der Waals surface area contributed by atoms with E-state index in [1.807, 2.05) is 6.07 Å². The van der Waals surface area contributed by atoms with Crippen LogP contribution in [0.5, 0.6) is 0 Å². The summed E-state index contributed by atoms with van der Waals surface area (Å²) in [6.07, 6.45) is -0.792. The molecule has 0 aliphatic heterocycles. The molecule has 0 aliphatic carbocycles. The van der Waals surface area contributed by atoms with Crippen LogP contribution in [0.25, 0.3) is 0 Å². The number of hydrogen-bond donors (Lipinski definition) is 0. The number of rotatable bonds is 4. The van der Waals surface area contributed by atoms with E-state index >= 15 is 0 Å². The third-order valence-electron chi connectivity index (χ3n) is 2.26. The van der Waals surface area contributed by atoms with Crippen LogP contribution < -0.4 is 0 Å². The zero-order valence-electron chi connectivity index (χ0n) is 11.8. The number of benzene rings is 1. The summed E-state index contributed by atoms with van der Waals surface area (Å²) in [5.74, 6) is -0.986. The van der Waals surface area contributed by atoms with Gasteiger partial charge in [0.15, 0.2) is 0 Å². The predicted octanol–water partition coefficient (Wildman–Crippen LogP) is 3.02. The van der Waals surface area contributed by atoms with Crippen LogP contribution in [0.2, 0.25) is 0 Å². The molecule has 0 fully saturated rings. The van der Waals surface area contributed by atoms with E-state index in [4.69, 9.17) is 9.47 Å². The number of ether oxygens (including phenoxy) is 2. The van der Waals surface area contributed by atoms with E-state index in [2.05, 4.69) is 0 Å². The maximum atomic E-state index is 12.1. The lowest BCUT2D eigenvalue weighted by molar-refractivity contribution is -0.176. The molecule has 0 unspecified atom stereocenters. The van der Waals surface area contributed by atoms with Gasteiger partial charge in [0.25, 0.3) is 0 Å². The molecule has 0 saturated heterocycles. The Kier molecular flexibility index (Phi) is 5.10. The minimum absolute atomic E-state index is 0.214. The Labute approximate surface area is 113 Å². The summed E-state index contributed by atoms with van der Waals surface area (Å²) >= 11 is 0. The summed E-state index contributed by atoms with van der Waals surface area (Å²) in [7, 11) is 0. The molecule has 1 rings (SSSR count). The predicted molar refractivity (Wildman–Crippen MR) is 71.4 cm³/mol. The third-order valence-corrected chi connectivity index (χ3v) is 2.26. The van der Waals surface area contributed by atoms with Gasteiger partial charge in [-0.1, -0.05) is 37.3 Å². The van der Waals surface area contributed by atoms with Crippen LogP contribution >= 0.6 is 0 Å². The summed E-state index contributed by atoms with van der Waals surface area (Å²) in [5, 5.41) is 0. The van der Waals surface area contributed by atoms with E-state index in [0.717, 1.165) is 0 Å². The lowest BCUT2D eigenvalue weighted by Crippen LogP contribution is -2.30. The number of hydrogen-bond acceptors (Lipinski definition) is 4. The lowest BCUT2D eigenvalue weighted by Gasteiger charge is -2.24. The van der Waals surface area contributed by atoms with Gasteiger partial charge in [0, 0.05) is 12.0 Å². The summed E-state index contributed by atoms with van der Waals surface area (Å²) in [6, 6.07) is 8.87. The largest absolute Gasteiger partial charge is 0.457 e. The Morgan fingerprint density at radius 1 is 1.16 bits per heavy atom. The zero-order valence-corrected chi connectivity index (χ0v) is 11.8. The van der Waals surface area contributed by atoms with Gasteiger partial charge in [-0.15, -0.1) is 0 Å². The highest BCUT2D eigenvalue weighted by Gasteiger charge is 2.29. The van der Waals surface area contributed by atoms with Crippen LogP contribution in [-0.2, 0) is 19.1 Å². The average Bonchev–Trinajstić information content (AvgIpc) is 2.34. The highest BCUT2D eigenvalue weighted by molar-refractivity contribution is 5.81. The van der Waals surface area contributed by atoms with Crippen molar-refractivity contribution in [3.63, 3.8) is 0 Å². The molecule has 0 aliphatic rings. The summed E-state index contributed by atoms with van der Waals surface area (Å²) < 4.78 is 10.5. The van der Waals surface area contributed by atoms with Gasteiger partial charge in [0.2, 0.25) is 6.10 Å². The Bertz CT molecular complexity index is 431. The number of carbonyl (C=O) groups excluding carboxylic acids is 2. The maximum Gasteiger partial charge on any atom is 0.352 e.